The van der Waals surface area contributed by atoms with E-state index < -0.39 is 11.6 Å². The van der Waals surface area contributed by atoms with Crippen molar-refractivity contribution in [1.82, 2.24) is 15.2 Å². The third kappa shape index (κ3) is 5.59. The van der Waals surface area contributed by atoms with Crippen LogP contribution in [0.2, 0.25) is 0 Å². The van der Waals surface area contributed by atoms with E-state index in [2.05, 4.69) is 10.3 Å². The molecule has 5 rings (SSSR count). The predicted molar refractivity (Wildman–Crippen MR) is 149 cm³/mol. The van der Waals surface area contributed by atoms with Gasteiger partial charge in [-0.1, -0.05) is 66.7 Å². The molecule has 1 aliphatic carbocycles. The van der Waals surface area contributed by atoms with Gasteiger partial charge in [0.15, 0.2) is 0 Å². The first-order valence-electron chi connectivity index (χ1n) is 12.2. The van der Waals surface area contributed by atoms with E-state index in [1.807, 2.05) is 66.7 Å². The number of benzene rings is 2. The van der Waals surface area contributed by atoms with Crippen molar-refractivity contribution < 1.29 is 9.59 Å². The molecule has 196 valence electrons. The van der Waals surface area contributed by atoms with E-state index in [0.717, 1.165) is 29.5 Å². The predicted octanol–water partition coefficient (Wildman–Crippen LogP) is 3.66. The summed E-state index contributed by atoms with van der Waals surface area (Å²) in [6.07, 6.45) is 4.15. The van der Waals surface area contributed by atoms with E-state index in [1.54, 1.807) is 17.2 Å². The lowest BCUT2D eigenvalue weighted by Gasteiger charge is -2.38. The van der Waals surface area contributed by atoms with Gasteiger partial charge in [-0.3, -0.25) is 9.59 Å². The summed E-state index contributed by atoms with van der Waals surface area (Å²) in [5.41, 5.74) is 14.4. The van der Waals surface area contributed by atoms with Crippen LogP contribution in [0.4, 0.5) is 5.82 Å². The Morgan fingerprint density at radius 2 is 1.62 bits per heavy atom. The number of likely N-dealkylation sites (tertiary alicyclic amines) is 1. The van der Waals surface area contributed by atoms with Crippen LogP contribution in [0.1, 0.15) is 41.9 Å². The van der Waals surface area contributed by atoms with Crippen molar-refractivity contribution in [1.29, 1.82) is 0 Å². The second-order valence-electron chi connectivity index (χ2n) is 9.56. The quantitative estimate of drug-likeness (QED) is 0.422. The molecule has 2 aliphatic rings. The first-order valence-corrected chi connectivity index (χ1v) is 12.2. The number of nitrogens with zero attached hydrogens (tertiary/aromatic N) is 2. The fourth-order valence-corrected chi connectivity index (χ4v) is 5.52. The van der Waals surface area contributed by atoms with E-state index in [9.17, 15) is 9.59 Å². The number of hydrogen-bond acceptors (Lipinski definition) is 5. The minimum atomic E-state index is -0.813. The van der Waals surface area contributed by atoms with Crippen molar-refractivity contribution in [3.63, 3.8) is 0 Å². The summed E-state index contributed by atoms with van der Waals surface area (Å²) in [6, 6.07) is 22.5. The van der Waals surface area contributed by atoms with E-state index in [0.29, 0.717) is 25.3 Å². The van der Waals surface area contributed by atoms with Crippen LogP contribution < -0.4 is 16.8 Å². The Balaban J connectivity index is 0.00000190. The Morgan fingerprint density at radius 3 is 2.19 bits per heavy atom. The summed E-state index contributed by atoms with van der Waals surface area (Å²) < 4.78 is 0. The van der Waals surface area contributed by atoms with Gasteiger partial charge in [-0.25, -0.2) is 4.98 Å². The van der Waals surface area contributed by atoms with Crippen molar-refractivity contribution in [2.45, 2.75) is 43.3 Å². The Labute approximate surface area is 229 Å². The first kappa shape index (κ1) is 28.4. The largest absolute Gasteiger partial charge is 0.384 e. The smallest absolute Gasteiger partial charge is 0.246 e. The van der Waals surface area contributed by atoms with Gasteiger partial charge < -0.3 is 21.7 Å². The van der Waals surface area contributed by atoms with Crippen molar-refractivity contribution in [3.05, 3.63) is 95.7 Å². The lowest BCUT2D eigenvalue weighted by Crippen LogP contribution is -2.59. The monoisotopic (exact) mass is 541 g/mol. The fraction of sp³-hybridized carbons (Fsp3) is 0.321. The lowest BCUT2D eigenvalue weighted by atomic mass is 9.84. The second kappa shape index (κ2) is 11.9. The molecule has 3 aromatic rings. The summed E-state index contributed by atoms with van der Waals surface area (Å²) in [5, 5.41) is 3.03. The number of carbonyl (C=O) groups is 2. The molecule has 1 saturated heterocycles. The average molecular weight is 543 g/mol. The number of aromatic nitrogens is 1. The molecule has 0 spiro atoms. The van der Waals surface area contributed by atoms with E-state index in [4.69, 9.17) is 11.5 Å². The number of pyridine rings is 1. The molecule has 1 aromatic heterocycles. The molecule has 7 nitrogen and oxygen atoms in total. The number of halogens is 2. The van der Waals surface area contributed by atoms with E-state index in [1.165, 1.54) is 0 Å². The number of hydrogen-bond donors (Lipinski definition) is 3. The standard InChI is InChI=1S/C28H31N5O2.2ClH/c29-23-14-13-19(17-31-23)18-32-27(35)28-16-22(28)12-7-15-33(28)26(34)25(30)24(20-8-3-1-4-9-20)21-10-5-2-6-11-21;;/h1-6,8-11,13-14,17,22,24-25H,7,12,15-16,18,30H2,(H2,29,31)(H,32,35);2*1H/t22-,25-,28+;;/m1../s1. The molecular weight excluding hydrogens is 509 g/mol. The number of carbonyl (C=O) groups excluding carboxylic acids is 2. The van der Waals surface area contributed by atoms with Crippen LogP contribution in [0, 0.1) is 5.92 Å². The number of nitrogens with two attached hydrogens (primary N) is 2. The van der Waals surface area contributed by atoms with Gasteiger partial charge in [0.05, 0.1) is 6.04 Å². The first-order chi connectivity index (χ1) is 17.0. The van der Waals surface area contributed by atoms with E-state index >= 15 is 0 Å². The zero-order valence-corrected chi connectivity index (χ0v) is 22.1. The van der Waals surface area contributed by atoms with Crippen LogP contribution in [-0.2, 0) is 16.1 Å². The zero-order chi connectivity index (χ0) is 24.4. The minimum absolute atomic E-state index is 0. The number of nitrogen functional groups attached to an aromatic ring is 1. The minimum Gasteiger partial charge on any atom is -0.384 e. The van der Waals surface area contributed by atoms with Gasteiger partial charge >= 0.3 is 0 Å². The maximum absolute atomic E-state index is 13.9. The number of piperidine rings is 1. The number of anilines is 1. The molecule has 9 heteroatoms. The summed E-state index contributed by atoms with van der Waals surface area (Å²) in [4.78, 5) is 33.3. The van der Waals surface area contributed by atoms with Gasteiger partial charge in [0, 0.05) is 25.2 Å². The van der Waals surface area contributed by atoms with Crippen LogP contribution in [0.5, 0.6) is 0 Å². The molecule has 37 heavy (non-hydrogen) atoms. The lowest BCUT2D eigenvalue weighted by molar-refractivity contribution is -0.145. The number of fused-ring (bicyclic) bond motifs is 1. The highest BCUT2D eigenvalue weighted by atomic mass is 35.5. The Bertz CT molecular complexity index is 1160. The second-order valence-corrected chi connectivity index (χ2v) is 9.56. The molecular formula is C28H33Cl2N5O2. The SMILES string of the molecule is Cl.Cl.Nc1ccc(CNC(=O)[C@]23C[C@H]2CCCN3C(=O)[C@H](N)C(c2ccccc2)c2ccccc2)cn1. The third-order valence-corrected chi connectivity index (χ3v) is 7.41. The molecule has 0 radical (unpaired) electrons. The highest BCUT2D eigenvalue weighted by molar-refractivity contribution is 5.96. The van der Waals surface area contributed by atoms with Crippen molar-refractivity contribution in [2.75, 3.05) is 12.3 Å². The zero-order valence-electron chi connectivity index (χ0n) is 20.5. The van der Waals surface area contributed by atoms with Gasteiger partial charge in [0.25, 0.3) is 0 Å². The van der Waals surface area contributed by atoms with Crippen LogP contribution in [-0.4, -0.2) is 39.8 Å². The van der Waals surface area contributed by atoms with Crippen molar-refractivity contribution in [2.24, 2.45) is 11.7 Å². The molecule has 2 amide bonds. The van der Waals surface area contributed by atoms with E-state index in [-0.39, 0.29) is 48.5 Å². The van der Waals surface area contributed by atoms with Crippen molar-refractivity contribution >= 4 is 42.4 Å². The molecule has 0 unspecified atom stereocenters. The van der Waals surface area contributed by atoms with Gasteiger partial charge in [-0.05, 0) is 47.9 Å². The van der Waals surface area contributed by atoms with Crippen LogP contribution in [0.15, 0.2) is 79.0 Å². The molecule has 3 atom stereocenters. The van der Waals surface area contributed by atoms with Gasteiger partial charge in [0.2, 0.25) is 11.8 Å². The average Bonchev–Trinajstić information content (AvgIpc) is 3.65. The normalized spacial score (nSPS) is 20.6. The van der Waals surface area contributed by atoms with Crippen LogP contribution >= 0.6 is 24.8 Å². The maximum Gasteiger partial charge on any atom is 0.246 e. The third-order valence-electron chi connectivity index (χ3n) is 7.41. The highest BCUT2D eigenvalue weighted by Crippen LogP contribution is 2.54. The van der Waals surface area contributed by atoms with Gasteiger partial charge in [-0.2, -0.15) is 0 Å². The molecule has 5 N–H and O–H groups in total. The number of nitrogens with one attached hydrogen (secondary N) is 1. The Morgan fingerprint density at radius 1 is 1.00 bits per heavy atom. The van der Waals surface area contributed by atoms with Crippen molar-refractivity contribution in [3.8, 4) is 0 Å². The highest BCUT2D eigenvalue weighted by Gasteiger charge is 2.66. The fourth-order valence-electron chi connectivity index (χ4n) is 5.52. The van der Waals surface area contributed by atoms with Gasteiger partial charge in [0.1, 0.15) is 11.4 Å². The Hall–Kier alpha value is -3.13. The molecule has 2 aromatic carbocycles. The molecule has 1 aliphatic heterocycles. The molecule has 2 fully saturated rings. The van der Waals surface area contributed by atoms with Crippen LogP contribution in [0.3, 0.4) is 0 Å². The van der Waals surface area contributed by atoms with Crippen LogP contribution in [0.25, 0.3) is 0 Å². The molecule has 1 saturated carbocycles. The number of amides is 2. The summed E-state index contributed by atoms with van der Waals surface area (Å²) in [7, 11) is 0. The van der Waals surface area contributed by atoms with Gasteiger partial charge in [-0.15, -0.1) is 24.8 Å². The summed E-state index contributed by atoms with van der Waals surface area (Å²) >= 11 is 0. The summed E-state index contributed by atoms with van der Waals surface area (Å²) in [5.74, 6) is 0.0175. The topological polar surface area (TPSA) is 114 Å². The summed E-state index contributed by atoms with van der Waals surface area (Å²) in [6.45, 7) is 0.876. The Kier molecular flexibility index (Phi) is 9.18. The molecule has 0 bridgehead atoms. The molecule has 2 heterocycles. The number of rotatable bonds is 7. The maximum atomic E-state index is 13.9.